The minimum absolute atomic E-state index is 0.0852. The third kappa shape index (κ3) is 2.27. The minimum atomic E-state index is -0.987. The molecule has 0 aromatic heterocycles. The first-order valence-corrected chi connectivity index (χ1v) is 10.2. The molecule has 2 unspecified atom stereocenters. The molecule has 144 valence electrons. The van der Waals surface area contributed by atoms with Crippen LogP contribution in [0, 0.1) is 17.8 Å². The van der Waals surface area contributed by atoms with E-state index in [4.69, 9.17) is 5.73 Å². The Bertz CT molecular complexity index is 845. The van der Waals surface area contributed by atoms with Crippen LogP contribution in [0.1, 0.15) is 72.9 Å². The van der Waals surface area contributed by atoms with Gasteiger partial charge >= 0.3 is 0 Å². The van der Waals surface area contributed by atoms with Gasteiger partial charge in [-0.3, -0.25) is 9.59 Å². The largest absolute Gasteiger partial charge is 0.507 e. The molecule has 5 rings (SSSR count). The molecule has 4 aliphatic rings. The fraction of sp³-hybridized carbons (Fsp3) is 0.636. The second-order valence-electron chi connectivity index (χ2n) is 9.37. The van der Waals surface area contributed by atoms with Gasteiger partial charge in [-0.2, -0.15) is 0 Å². The number of hydrogen-bond donors (Lipinski definition) is 3. The summed E-state index contributed by atoms with van der Waals surface area (Å²) in [4.78, 5) is 24.3. The predicted molar refractivity (Wildman–Crippen MR) is 99.4 cm³/mol. The fourth-order valence-electron chi connectivity index (χ4n) is 6.62. The number of nitrogens with two attached hydrogens (primary N) is 1. The number of carbonyl (C=O) groups excluding carboxylic acids is 2. The van der Waals surface area contributed by atoms with Crippen molar-refractivity contribution in [2.75, 3.05) is 0 Å². The van der Waals surface area contributed by atoms with Gasteiger partial charge in [0.25, 0.3) is 5.91 Å². The van der Waals surface area contributed by atoms with E-state index in [-0.39, 0.29) is 29.4 Å². The van der Waals surface area contributed by atoms with E-state index >= 15 is 0 Å². The summed E-state index contributed by atoms with van der Waals surface area (Å²) in [6.45, 7) is 0. The van der Waals surface area contributed by atoms with E-state index in [0.29, 0.717) is 37.2 Å². The van der Waals surface area contributed by atoms with Crippen molar-refractivity contribution in [3.8, 4) is 5.75 Å². The SMILES string of the molecule is NC(=O)c1ccc2c(c1O)[C@]13CCC(CC4CC4)[C@H](C2)C1(O)CCC(=O)C3. The molecule has 4 aliphatic carbocycles. The highest BCUT2D eigenvalue weighted by atomic mass is 16.3. The molecule has 3 saturated carbocycles. The van der Waals surface area contributed by atoms with E-state index < -0.39 is 16.9 Å². The first kappa shape index (κ1) is 17.2. The maximum Gasteiger partial charge on any atom is 0.252 e. The molecule has 1 aromatic carbocycles. The molecule has 0 radical (unpaired) electrons. The van der Waals surface area contributed by atoms with Gasteiger partial charge in [-0.1, -0.05) is 18.9 Å². The Morgan fingerprint density at radius 1 is 1.22 bits per heavy atom. The molecule has 4 N–H and O–H groups in total. The van der Waals surface area contributed by atoms with Crippen molar-refractivity contribution in [1.82, 2.24) is 0 Å². The van der Waals surface area contributed by atoms with Crippen LogP contribution in [0.3, 0.4) is 0 Å². The van der Waals surface area contributed by atoms with Crippen LogP contribution in [0.2, 0.25) is 0 Å². The second-order valence-corrected chi connectivity index (χ2v) is 9.37. The minimum Gasteiger partial charge on any atom is -0.507 e. The number of benzene rings is 1. The summed E-state index contributed by atoms with van der Waals surface area (Å²) in [5.41, 5.74) is 5.37. The summed E-state index contributed by atoms with van der Waals surface area (Å²) >= 11 is 0. The van der Waals surface area contributed by atoms with E-state index in [1.54, 1.807) is 6.07 Å². The standard InChI is InChI=1S/C22H27NO4/c23-20(26)16-4-3-14-10-17-13(9-12-1-2-12)5-7-21(18(14)19(16)25)11-15(24)6-8-22(17,21)27/h3-4,12-13,17,25,27H,1-2,5-11H2,(H2,23,26)/t13?,17-,21+,22?/m0/s1. The molecule has 1 aromatic rings. The summed E-state index contributed by atoms with van der Waals surface area (Å²) in [5.74, 6) is 0.717. The van der Waals surface area contributed by atoms with Gasteiger partial charge in [0, 0.05) is 23.8 Å². The van der Waals surface area contributed by atoms with Gasteiger partial charge in [-0.25, -0.2) is 0 Å². The lowest BCUT2D eigenvalue weighted by Gasteiger charge is -2.62. The monoisotopic (exact) mass is 369 g/mol. The quantitative estimate of drug-likeness (QED) is 0.762. The molecule has 0 saturated heterocycles. The van der Waals surface area contributed by atoms with Crippen LogP contribution >= 0.6 is 0 Å². The number of carbonyl (C=O) groups is 2. The average molecular weight is 369 g/mol. The van der Waals surface area contributed by atoms with E-state index in [1.807, 2.05) is 6.07 Å². The van der Waals surface area contributed by atoms with E-state index in [0.717, 1.165) is 24.3 Å². The number of hydrogen-bond acceptors (Lipinski definition) is 4. The number of fused-ring (bicyclic) bond motifs is 1. The second kappa shape index (κ2) is 5.57. The fourth-order valence-corrected chi connectivity index (χ4v) is 6.62. The van der Waals surface area contributed by atoms with E-state index in [1.165, 1.54) is 12.8 Å². The lowest BCUT2D eigenvalue weighted by molar-refractivity contribution is -0.173. The number of Topliss-reactive ketones (excluding diaryl/α,β-unsaturated/α-hetero) is 1. The summed E-state index contributed by atoms with van der Waals surface area (Å²) < 4.78 is 0. The molecule has 3 fully saturated rings. The van der Waals surface area contributed by atoms with Gasteiger partial charge in [0.15, 0.2) is 0 Å². The van der Waals surface area contributed by atoms with Crippen LogP contribution in [-0.4, -0.2) is 27.5 Å². The molecule has 0 spiro atoms. The number of aliphatic hydroxyl groups is 1. The van der Waals surface area contributed by atoms with Gasteiger partial charge in [0.2, 0.25) is 0 Å². The smallest absolute Gasteiger partial charge is 0.252 e. The number of phenols is 1. The Kier molecular flexibility index (Phi) is 3.55. The average Bonchev–Trinajstić information content (AvgIpc) is 3.42. The Morgan fingerprint density at radius 2 is 2.00 bits per heavy atom. The highest BCUT2D eigenvalue weighted by Crippen LogP contribution is 2.64. The maximum absolute atomic E-state index is 12.5. The van der Waals surface area contributed by atoms with Crippen molar-refractivity contribution in [3.63, 3.8) is 0 Å². The number of rotatable bonds is 3. The van der Waals surface area contributed by atoms with Gasteiger partial charge in [-0.15, -0.1) is 0 Å². The van der Waals surface area contributed by atoms with E-state index in [2.05, 4.69) is 0 Å². The molecule has 5 nitrogen and oxygen atoms in total. The number of ketones is 1. The zero-order valence-corrected chi connectivity index (χ0v) is 15.5. The van der Waals surface area contributed by atoms with Crippen molar-refractivity contribution >= 4 is 11.7 Å². The normalized spacial score (nSPS) is 37.4. The zero-order valence-electron chi connectivity index (χ0n) is 15.5. The Labute approximate surface area is 158 Å². The van der Waals surface area contributed by atoms with Gasteiger partial charge in [0.05, 0.1) is 11.2 Å². The molecule has 1 amide bonds. The zero-order chi connectivity index (χ0) is 19.0. The Hall–Kier alpha value is -1.88. The van der Waals surface area contributed by atoms with Crippen molar-refractivity contribution in [2.45, 2.75) is 68.8 Å². The summed E-state index contributed by atoms with van der Waals surface area (Å²) in [6.07, 6.45) is 7.22. The van der Waals surface area contributed by atoms with Crippen molar-refractivity contribution in [2.24, 2.45) is 23.5 Å². The molecular weight excluding hydrogens is 342 g/mol. The molecule has 27 heavy (non-hydrogen) atoms. The topological polar surface area (TPSA) is 101 Å². The van der Waals surface area contributed by atoms with Crippen molar-refractivity contribution in [3.05, 3.63) is 28.8 Å². The summed E-state index contributed by atoms with van der Waals surface area (Å²) in [7, 11) is 0. The van der Waals surface area contributed by atoms with Gasteiger partial charge in [0.1, 0.15) is 11.5 Å². The highest BCUT2D eigenvalue weighted by Gasteiger charge is 2.65. The third-order valence-electron chi connectivity index (χ3n) is 8.02. The first-order valence-electron chi connectivity index (χ1n) is 10.2. The summed E-state index contributed by atoms with van der Waals surface area (Å²) in [6, 6.07) is 3.47. The maximum atomic E-state index is 12.5. The van der Waals surface area contributed by atoms with Gasteiger partial charge in [-0.05, 0) is 61.5 Å². The van der Waals surface area contributed by atoms with Crippen LogP contribution in [0.25, 0.3) is 0 Å². The first-order chi connectivity index (χ1) is 12.9. The lowest BCUT2D eigenvalue weighted by Crippen LogP contribution is -2.66. The highest BCUT2D eigenvalue weighted by molar-refractivity contribution is 5.96. The molecule has 2 bridgehead atoms. The van der Waals surface area contributed by atoms with Crippen LogP contribution in [0.15, 0.2) is 12.1 Å². The Balaban J connectivity index is 1.70. The summed E-state index contributed by atoms with van der Waals surface area (Å²) in [5, 5.41) is 23.0. The molecule has 0 aliphatic heterocycles. The Morgan fingerprint density at radius 3 is 2.70 bits per heavy atom. The van der Waals surface area contributed by atoms with Crippen LogP contribution < -0.4 is 5.73 Å². The van der Waals surface area contributed by atoms with Crippen molar-refractivity contribution in [1.29, 1.82) is 0 Å². The number of amides is 1. The van der Waals surface area contributed by atoms with Crippen LogP contribution in [0.5, 0.6) is 5.75 Å². The third-order valence-corrected chi connectivity index (χ3v) is 8.02. The predicted octanol–water partition coefficient (Wildman–Crippen LogP) is 2.60. The van der Waals surface area contributed by atoms with Gasteiger partial charge < -0.3 is 15.9 Å². The van der Waals surface area contributed by atoms with E-state index in [9.17, 15) is 19.8 Å². The molecule has 0 heterocycles. The molecule has 4 atom stereocenters. The van der Waals surface area contributed by atoms with Crippen LogP contribution in [0.4, 0.5) is 0 Å². The number of primary amides is 1. The van der Waals surface area contributed by atoms with Crippen LogP contribution in [-0.2, 0) is 16.6 Å². The molecular formula is C22H27NO4. The lowest BCUT2D eigenvalue weighted by atomic mass is 9.43. The number of aromatic hydroxyl groups is 1. The van der Waals surface area contributed by atoms with Crippen molar-refractivity contribution < 1.29 is 19.8 Å². The molecule has 5 heteroatoms.